The minimum atomic E-state index is -4.33. The summed E-state index contributed by atoms with van der Waals surface area (Å²) in [5.41, 5.74) is 0.102. The van der Waals surface area contributed by atoms with Crippen LogP contribution in [0.1, 0.15) is 23.3 Å². The monoisotopic (exact) mass is 289 g/mol. The third-order valence-electron chi connectivity index (χ3n) is 3.48. The Morgan fingerprint density at radius 2 is 2.25 bits per heavy atom. The Hall–Kier alpha value is -1.50. The maximum atomic E-state index is 12.5. The van der Waals surface area contributed by atoms with Gasteiger partial charge in [-0.25, -0.2) is 0 Å². The van der Waals surface area contributed by atoms with E-state index in [9.17, 15) is 18.0 Å². The van der Waals surface area contributed by atoms with E-state index in [4.69, 9.17) is 0 Å². The van der Waals surface area contributed by atoms with Crippen LogP contribution in [0.2, 0.25) is 0 Å². The number of likely N-dealkylation sites (N-methyl/N-ethyl adjacent to an activating group) is 1. The first-order valence-electron chi connectivity index (χ1n) is 6.60. The van der Waals surface area contributed by atoms with Crippen molar-refractivity contribution in [1.82, 2.24) is 14.8 Å². The molecule has 1 aromatic rings. The zero-order chi connectivity index (χ0) is 14.8. The molecule has 0 aromatic carbocycles. The van der Waals surface area contributed by atoms with E-state index in [0.29, 0.717) is 13.1 Å². The predicted molar refractivity (Wildman–Crippen MR) is 68.5 cm³/mol. The van der Waals surface area contributed by atoms with Gasteiger partial charge in [0.25, 0.3) is 5.91 Å². The molecule has 20 heavy (non-hydrogen) atoms. The number of hydrogen-bond acceptors (Lipinski definition) is 2. The second-order valence-corrected chi connectivity index (χ2v) is 4.99. The quantitative estimate of drug-likeness (QED) is 0.919. The SMILES string of the molecule is CNCC1CCCN1C(=O)c1cccn1CC(F)(F)F. The van der Waals surface area contributed by atoms with Crippen LogP contribution < -0.4 is 5.32 Å². The molecule has 0 radical (unpaired) electrons. The number of halogens is 3. The molecule has 1 fully saturated rings. The number of rotatable bonds is 4. The number of nitrogens with zero attached hydrogens (tertiary/aromatic N) is 2. The van der Waals surface area contributed by atoms with Gasteiger partial charge in [-0.1, -0.05) is 0 Å². The number of aromatic nitrogens is 1. The van der Waals surface area contributed by atoms with E-state index < -0.39 is 12.7 Å². The van der Waals surface area contributed by atoms with Gasteiger partial charge in [0.05, 0.1) is 0 Å². The van der Waals surface area contributed by atoms with Gasteiger partial charge >= 0.3 is 6.18 Å². The number of likely N-dealkylation sites (tertiary alicyclic amines) is 1. The Labute approximate surface area is 115 Å². The molecule has 7 heteroatoms. The van der Waals surface area contributed by atoms with Crippen LogP contribution in [-0.2, 0) is 6.54 Å². The summed E-state index contributed by atoms with van der Waals surface area (Å²) in [6.45, 7) is 0.125. The molecule has 0 spiro atoms. The third kappa shape index (κ3) is 3.33. The lowest BCUT2D eigenvalue weighted by Gasteiger charge is -2.25. The van der Waals surface area contributed by atoms with Crippen molar-refractivity contribution in [2.24, 2.45) is 0 Å². The van der Waals surface area contributed by atoms with Gasteiger partial charge in [0.2, 0.25) is 0 Å². The van der Waals surface area contributed by atoms with E-state index in [-0.39, 0.29) is 17.6 Å². The van der Waals surface area contributed by atoms with E-state index in [1.165, 1.54) is 18.3 Å². The molecule has 0 aliphatic carbocycles. The molecule has 1 N–H and O–H groups in total. The van der Waals surface area contributed by atoms with Gasteiger partial charge in [0.1, 0.15) is 12.2 Å². The first kappa shape index (κ1) is 14.9. The van der Waals surface area contributed by atoms with Crippen molar-refractivity contribution in [2.45, 2.75) is 31.6 Å². The second kappa shape index (κ2) is 5.87. The molecule has 1 aliphatic heterocycles. The highest BCUT2D eigenvalue weighted by Crippen LogP contribution is 2.23. The van der Waals surface area contributed by atoms with E-state index in [1.807, 2.05) is 0 Å². The van der Waals surface area contributed by atoms with Gasteiger partial charge in [-0.3, -0.25) is 4.79 Å². The van der Waals surface area contributed by atoms with Crippen molar-refractivity contribution in [1.29, 1.82) is 0 Å². The zero-order valence-corrected chi connectivity index (χ0v) is 11.3. The lowest BCUT2D eigenvalue weighted by molar-refractivity contribution is -0.140. The van der Waals surface area contributed by atoms with Gasteiger partial charge in [-0.2, -0.15) is 13.2 Å². The first-order valence-corrected chi connectivity index (χ1v) is 6.60. The number of hydrogen-bond donors (Lipinski definition) is 1. The fraction of sp³-hybridized carbons (Fsp3) is 0.615. The van der Waals surface area contributed by atoms with Gasteiger partial charge in [0, 0.05) is 25.3 Å². The van der Waals surface area contributed by atoms with Crippen LogP contribution >= 0.6 is 0 Å². The predicted octanol–water partition coefficient (Wildman–Crippen LogP) is 1.87. The van der Waals surface area contributed by atoms with Gasteiger partial charge in [0.15, 0.2) is 0 Å². The Morgan fingerprint density at radius 1 is 1.50 bits per heavy atom. The summed E-state index contributed by atoms with van der Waals surface area (Å²) in [5.74, 6) is -0.322. The maximum Gasteiger partial charge on any atom is 0.406 e. The van der Waals surface area contributed by atoms with Gasteiger partial charge in [-0.05, 0) is 32.0 Å². The van der Waals surface area contributed by atoms with Crippen molar-refractivity contribution in [2.75, 3.05) is 20.1 Å². The van der Waals surface area contributed by atoms with Gasteiger partial charge in [-0.15, -0.1) is 0 Å². The third-order valence-corrected chi connectivity index (χ3v) is 3.48. The molecule has 1 aromatic heterocycles. The van der Waals surface area contributed by atoms with Crippen LogP contribution in [0.25, 0.3) is 0 Å². The molecule has 1 atom stereocenters. The molecule has 1 saturated heterocycles. The Morgan fingerprint density at radius 3 is 2.90 bits per heavy atom. The molecular weight excluding hydrogens is 271 g/mol. The molecule has 112 valence electrons. The average Bonchev–Trinajstić information content (AvgIpc) is 2.96. The van der Waals surface area contributed by atoms with Crippen LogP contribution in [0.3, 0.4) is 0 Å². The Balaban J connectivity index is 2.15. The van der Waals surface area contributed by atoms with Gasteiger partial charge < -0.3 is 14.8 Å². The molecule has 2 rings (SSSR count). The number of alkyl halides is 3. The minimum Gasteiger partial charge on any atom is -0.334 e. The molecular formula is C13H18F3N3O. The molecule has 0 saturated carbocycles. The van der Waals surface area contributed by atoms with Crippen LogP contribution in [0.5, 0.6) is 0 Å². The van der Waals surface area contributed by atoms with E-state index in [1.54, 1.807) is 11.9 Å². The van der Waals surface area contributed by atoms with E-state index >= 15 is 0 Å². The number of amides is 1. The highest BCUT2D eigenvalue weighted by Gasteiger charge is 2.33. The molecule has 2 heterocycles. The Bertz CT molecular complexity index is 470. The van der Waals surface area contributed by atoms with Crippen molar-refractivity contribution in [3.05, 3.63) is 24.0 Å². The van der Waals surface area contributed by atoms with Crippen LogP contribution in [0.15, 0.2) is 18.3 Å². The summed E-state index contributed by atoms with van der Waals surface area (Å²) < 4.78 is 38.4. The molecule has 1 aliphatic rings. The smallest absolute Gasteiger partial charge is 0.334 e. The summed E-state index contributed by atoms with van der Waals surface area (Å²) in [4.78, 5) is 14.1. The fourth-order valence-corrected chi connectivity index (χ4v) is 2.64. The molecule has 0 bridgehead atoms. The van der Waals surface area contributed by atoms with E-state index in [2.05, 4.69) is 5.32 Å². The molecule has 1 unspecified atom stereocenters. The van der Waals surface area contributed by atoms with Crippen LogP contribution in [-0.4, -0.2) is 47.7 Å². The topological polar surface area (TPSA) is 37.3 Å². The van der Waals surface area contributed by atoms with Crippen molar-refractivity contribution < 1.29 is 18.0 Å². The number of carbonyl (C=O) groups is 1. The highest BCUT2D eigenvalue weighted by molar-refractivity contribution is 5.93. The summed E-state index contributed by atoms with van der Waals surface area (Å²) in [6, 6.07) is 2.98. The molecule has 1 amide bonds. The maximum absolute atomic E-state index is 12.5. The largest absolute Gasteiger partial charge is 0.406 e. The lowest BCUT2D eigenvalue weighted by atomic mass is 10.2. The van der Waals surface area contributed by atoms with E-state index in [0.717, 1.165) is 17.4 Å². The van der Waals surface area contributed by atoms with Crippen LogP contribution in [0.4, 0.5) is 13.2 Å². The number of nitrogens with one attached hydrogen (secondary N) is 1. The van der Waals surface area contributed by atoms with Crippen molar-refractivity contribution >= 4 is 5.91 Å². The number of carbonyl (C=O) groups excluding carboxylic acids is 1. The lowest BCUT2D eigenvalue weighted by Crippen LogP contribution is -2.41. The van der Waals surface area contributed by atoms with Crippen molar-refractivity contribution in [3.8, 4) is 0 Å². The first-order chi connectivity index (χ1) is 9.42. The highest BCUT2D eigenvalue weighted by atomic mass is 19.4. The zero-order valence-electron chi connectivity index (χ0n) is 11.3. The standard InChI is InChI=1S/C13H18F3N3O/c1-17-8-10-4-2-7-19(10)12(20)11-5-3-6-18(11)9-13(14,15)16/h3,5-6,10,17H,2,4,7-9H2,1H3. The summed E-state index contributed by atoms with van der Waals surface area (Å²) >= 11 is 0. The van der Waals surface area contributed by atoms with Crippen molar-refractivity contribution in [3.63, 3.8) is 0 Å². The van der Waals surface area contributed by atoms with Crippen LogP contribution in [0, 0.1) is 0 Å². The molecule has 4 nitrogen and oxygen atoms in total. The normalized spacial score (nSPS) is 19.6. The minimum absolute atomic E-state index is 0.0572. The second-order valence-electron chi connectivity index (χ2n) is 4.99. The average molecular weight is 289 g/mol. The summed E-state index contributed by atoms with van der Waals surface area (Å²) in [6.07, 6.45) is -1.27. The fourth-order valence-electron chi connectivity index (χ4n) is 2.64. The Kier molecular flexibility index (Phi) is 4.37. The summed E-state index contributed by atoms with van der Waals surface area (Å²) in [7, 11) is 1.80. The summed E-state index contributed by atoms with van der Waals surface area (Å²) in [5, 5.41) is 3.01.